The van der Waals surface area contributed by atoms with E-state index < -0.39 is 0 Å². The lowest BCUT2D eigenvalue weighted by Crippen LogP contribution is -2.49. The van der Waals surface area contributed by atoms with Gasteiger partial charge < -0.3 is 4.90 Å². The van der Waals surface area contributed by atoms with E-state index in [9.17, 15) is 0 Å². The third kappa shape index (κ3) is 2.62. The molecule has 2 rings (SSSR count). The van der Waals surface area contributed by atoms with E-state index >= 15 is 0 Å². The van der Waals surface area contributed by atoms with Crippen LogP contribution in [0.1, 0.15) is 13.8 Å². The third-order valence-corrected chi connectivity index (χ3v) is 3.19. The molecule has 16 heavy (non-hydrogen) atoms. The monoisotopic (exact) mass is 240 g/mol. The zero-order valence-electron chi connectivity index (χ0n) is 9.73. The van der Waals surface area contributed by atoms with Crippen molar-refractivity contribution in [3.8, 4) is 0 Å². The van der Waals surface area contributed by atoms with E-state index in [1.165, 1.54) is 6.33 Å². The van der Waals surface area contributed by atoms with Gasteiger partial charge in [-0.05, 0) is 13.8 Å². The Morgan fingerprint density at radius 2 is 1.88 bits per heavy atom. The summed E-state index contributed by atoms with van der Waals surface area (Å²) in [6.45, 7) is 8.64. The van der Waals surface area contributed by atoms with Crippen molar-refractivity contribution in [2.45, 2.75) is 19.9 Å². The molecular weight excluding hydrogens is 224 g/mol. The minimum atomic E-state index is 0.510. The van der Waals surface area contributed by atoms with Crippen LogP contribution in [-0.4, -0.2) is 47.1 Å². The Hall–Kier alpha value is -0.870. The first-order valence-corrected chi connectivity index (χ1v) is 6.01. The minimum absolute atomic E-state index is 0.510. The summed E-state index contributed by atoms with van der Waals surface area (Å²) in [6, 6.07) is 2.45. The lowest BCUT2D eigenvalue weighted by Gasteiger charge is -2.37. The lowest BCUT2D eigenvalue weighted by molar-refractivity contribution is 0.209. The first kappa shape index (κ1) is 11.6. The van der Waals surface area contributed by atoms with Crippen molar-refractivity contribution in [1.29, 1.82) is 0 Å². The first-order chi connectivity index (χ1) is 7.66. The van der Waals surface area contributed by atoms with E-state index in [1.807, 2.05) is 6.07 Å². The molecule has 1 aromatic rings. The Labute approximate surface area is 101 Å². The molecule has 0 atom stereocenters. The number of anilines is 1. The maximum atomic E-state index is 5.85. The second kappa shape index (κ2) is 4.97. The molecule has 0 N–H and O–H groups in total. The van der Waals surface area contributed by atoms with Crippen molar-refractivity contribution in [1.82, 2.24) is 14.9 Å². The summed E-state index contributed by atoms with van der Waals surface area (Å²) in [6.07, 6.45) is 1.52. The van der Waals surface area contributed by atoms with E-state index in [2.05, 4.69) is 33.6 Å². The molecule has 0 unspecified atom stereocenters. The van der Waals surface area contributed by atoms with Gasteiger partial charge in [-0.15, -0.1) is 0 Å². The number of nitrogens with zero attached hydrogens (tertiary/aromatic N) is 4. The fourth-order valence-corrected chi connectivity index (χ4v) is 2.11. The van der Waals surface area contributed by atoms with Crippen molar-refractivity contribution in [3.05, 3.63) is 17.5 Å². The number of rotatable bonds is 2. The van der Waals surface area contributed by atoms with E-state index in [4.69, 9.17) is 11.6 Å². The molecule has 0 bridgehead atoms. The van der Waals surface area contributed by atoms with Crippen LogP contribution in [-0.2, 0) is 0 Å². The highest BCUT2D eigenvalue weighted by Gasteiger charge is 2.19. The van der Waals surface area contributed by atoms with Gasteiger partial charge in [0.15, 0.2) is 0 Å². The first-order valence-electron chi connectivity index (χ1n) is 5.63. The summed E-state index contributed by atoms with van der Waals surface area (Å²) < 4.78 is 0. The molecule has 1 aliphatic heterocycles. The minimum Gasteiger partial charge on any atom is -0.354 e. The molecule has 1 aliphatic rings. The third-order valence-electron chi connectivity index (χ3n) is 2.99. The molecule has 0 spiro atoms. The molecule has 1 aromatic heterocycles. The molecule has 0 radical (unpaired) electrons. The maximum Gasteiger partial charge on any atom is 0.134 e. The molecule has 1 fully saturated rings. The topological polar surface area (TPSA) is 32.3 Å². The van der Waals surface area contributed by atoms with E-state index in [0.717, 1.165) is 32.0 Å². The van der Waals surface area contributed by atoms with Crippen LogP contribution in [0.2, 0.25) is 5.15 Å². The smallest absolute Gasteiger partial charge is 0.134 e. The molecular formula is C11H17ClN4. The van der Waals surface area contributed by atoms with Crippen LogP contribution < -0.4 is 4.90 Å². The normalized spacial score (nSPS) is 18.1. The van der Waals surface area contributed by atoms with Gasteiger partial charge in [0.25, 0.3) is 0 Å². The average molecular weight is 241 g/mol. The van der Waals surface area contributed by atoms with Gasteiger partial charge in [0.2, 0.25) is 0 Å². The van der Waals surface area contributed by atoms with Crippen molar-refractivity contribution in [3.63, 3.8) is 0 Å². The van der Waals surface area contributed by atoms with Crippen molar-refractivity contribution < 1.29 is 0 Å². The Morgan fingerprint density at radius 1 is 1.19 bits per heavy atom. The predicted molar refractivity (Wildman–Crippen MR) is 66.0 cm³/mol. The van der Waals surface area contributed by atoms with Crippen LogP contribution in [0.5, 0.6) is 0 Å². The second-order valence-corrected chi connectivity index (χ2v) is 4.70. The second-order valence-electron chi connectivity index (χ2n) is 4.32. The highest BCUT2D eigenvalue weighted by atomic mass is 35.5. The molecule has 0 amide bonds. The number of hydrogen-bond donors (Lipinski definition) is 0. The van der Waals surface area contributed by atoms with E-state index in [0.29, 0.717) is 11.2 Å². The van der Waals surface area contributed by atoms with Gasteiger partial charge in [-0.3, -0.25) is 4.90 Å². The lowest BCUT2D eigenvalue weighted by atomic mass is 10.2. The number of hydrogen-bond acceptors (Lipinski definition) is 4. The molecule has 0 aliphatic carbocycles. The number of piperazine rings is 1. The van der Waals surface area contributed by atoms with Crippen LogP contribution in [0.4, 0.5) is 5.82 Å². The van der Waals surface area contributed by atoms with Gasteiger partial charge in [-0.2, -0.15) is 0 Å². The largest absolute Gasteiger partial charge is 0.354 e. The summed E-state index contributed by atoms with van der Waals surface area (Å²) in [5.41, 5.74) is 0. The quantitative estimate of drug-likeness (QED) is 0.736. The Morgan fingerprint density at radius 3 is 2.44 bits per heavy atom. The highest BCUT2D eigenvalue weighted by Crippen LogP contribution is 2.16. The van der Waals surface area contributed by atoms with Crippen molar-refractivity contribution in [2.75, 3.05) is 31.1 Å². The number of aromatic nitrogens is 2. The Bertz CT molecular complexity index is 348. The number of halogens is 1. The van der Waals surface area contributed by atoms with Gasteiger partial charge >= 0.3 is 0 Å². The van der Waals surface area contributed by atoms with Crippen LogP contribution in [0.3, 0.4) is 0 Å². The molecule has 4 nitrogen and oxygen atoms in total. The fraction of sp³-hybridized carbons (Fsp3) is 0.636. The summed E-state index contributed by atoms with van der Waals surface area (Å²) in [7, 11) is 0. The maximum absolute atomic E-state index is 5.85. The molecule has 0 aromatic carbocycles. The van der Waals surface area contributed by atoms with Gasteiger partial charge in [0.05, 0.1) is 0 Å². The fourth-order valence-electron chi connectivity index (χ4n) is 1.96. The Balaban J connectivity index is 1.99. The standard InChI is InChI=1S/C11H17ClN4/c1-9(2)15-3-5-16(6-4-15)11-7-10(12)13-8-14-11/h7-9H,3-6H2,1-2H3. The van der Waals surface area contributed by atoms with Gasteiger partial charge in [0.1, 0.15) is 17.3 Å². The van der Waals surface area contributed by atoms with Crippen LogP contribution in [0, 0.1) is 0 Å². The van der Waals surface area contributed by atoms with E-state index in [1.54, 1.807) is 0 Å². The molecule has 0 saturated carbocycles. The van der Waals surface area contributed by atoms with Crippen LogP contribution >= 0.6 is 11.6 Å². The van der Waals surface area contributed by atoms with Gasteiger partial charge in [-0.25, -0.2) is 9.97 Å². The molecule has 88 valence electrons. The van der Waals surface area contributed by atoms with Crippen LogP contribution in [0.15, 0.2) is 12.4 Å². The SMILES string of the molecule is CC(C)N1CCN(c2cc(Cl)ncn2)CC1. The van der Waals surface area contributed by atoms with Crippen LogP contribution in [0.25, 0.3) is 0 Å². The molecule has 2 heterocycles. The van der Waals surface area contributed by atoms with E-state index in [-0.39, 0.29) is 0 Å². The van der Waals surface area contributed by atoms with Gasteiger partial charge in [0, 0.05) is 38.3 Å². The summed E-state index contributed by atoms with van der Waals surface area (Å²) in [5, 5.41) is 0.510. The summed E-state index contributed by atoms with van der Waals surface area (Å²) in [5.74, 6) is 0.934. The molecule has 5 heteroatoms. The zero-order chi connectivity index (χ0) is 11.5. The van der Waals surface area contributed by atoms with Crippen molar-refractivity contribution >= 4 is 17.4 Å². The zero-order valence-corrected chi connectivity index (χ0v) is 10.5. The van der Waals surface area contributed by atoms with Crippen molar-refractivity contribution in [2.24, 2.45) is 0 Å². The predicted octanol–water partition coefficient (Wildman–Crippen LogP) is 1.66. The average Bonchev–Trinajstić information content (AvgIpc) is 2.29. The van der Waals surface area contributed by atoms with Gasteiger partial charge in [-0.1, -0.05) is 11.6 Å². The molecule has 1 saturated heterocycles. The highest BCUT2D eigenvalue weighted by molar-refractivity contribution is 6.29. The Kier molecular flexibility index (Phi) is 3.61. The summed E-state index contributed by atoms with van der Waals surface area (Å²) in [4.78, 5) is 12.9. The summed E-state index contributed by atoms with van der Waals surface area (Å²) >= 11 is 5.85.